The summed E-state index contributed by atoms with van der Waals surface area (Å²) in [4.78, 5) is 18.8. The van der Waals surface area contributed by atoms with Crippen LogP contribution in [0.1, 0.15) is 31.3 Å². The fourth-order valence-corrected chi connectivity index (χ4v) is 9.09. The third-order valence-corrected chi connectivity index (χ3v) is 12.3. The highest BCUT2D eigenvalue weighted by atomic mass is 79.9. The number of alkyl halides is 3. The number of nitrogens with two attached hydrogens (primary N) is 1. The molecule has 1 atom stereocenters. The number of benzene rings is 3. The maximum Gasteiger partial charge on any atom is 0.408 e. The van der Waals surface area contributed by atoms with Crippen LogP contribution in [-0.4, -0.2) is 53.8 Å². The Bertz CT molecular complexity index is 2350. The van der Waals surface area contributed by atoms with Crippen molar-refractivity contribution in [3.05, 3.63) is 91.4 Å². The van der Waals surface area contributed by atoms with Crippen molar-refractivity contribution in [3.63, 3.8) is 0 Å². The lowest BCUT2D eigenvalue weighted by Gasteiger charge is -2.21. The summed E-state index contributed by atoms with van der Waals surface area (Å²) in [7, 11) is -9.48. The molecule has 11 nitrogen and oxygen atoms in total. The Morgan fingerprint density at radius 2 is 1.59 bits per heavy atom. The van der Waals surface area contributed by atoms with Crippen LogP contribution in [0.15, 0.2) is 57.8 Å². The zero-order valence-corrected chi connectivity index (χ0v) is 29.3. The van der Waals surface area contributed by atoms with Crippen LogP contribution in [0.2, 0.25) is 5.02 Å². The molecule has 0 saturated carbocycles. The summed E-state index contributed by atoms with van der Waals surface area (Å²) in [6.45, 7) is 0.397. The number of hydrogen-bond acceptors (Lipinski definition) is 8. The van der Waals surface area contributed by atoms with Gasteiger partial charge in [0.05, 0.1) is 50.1 Å². The molecule has 0 bridgehead atoms. The largest absolute Gasteiger partial charge is 0.408 e. The van der Waals surface area contributed by atoms with E-state index in [-0.39, 0.29) is 38.1 Å². The molecule has 49 heavy (non-hydrogen) atoms. The fraction of sp³-hybridized carbons (Fsp3) is 0.276. The van der Waals surface area contributed by atoms with E-state index < -0.39 is 89.3 Å². The van der Waals surface area contributed by atoms with Gasteiger partial charge in [-0.15, -0.1) is 3.71 Å². The average molecular weight is 812 g/mol. The molecule has 0 amide bonds. The SMILES string of the molecule is CCS(=O)(=O)N(c1nn(CC(F)(F)F)c2c(-n3c([C@@H](N)Cc4cc(F)cc(F)c4)nc4cc(Br)ccc4c3=O)ccc(Cl)c12)S(=O)(=O)CC. The van der Waals surface area contributed by atoms with Gasteiger partial charge in [-0.05, 0) is 68.3 Å². The summed E-state index contributed by atoms with van der Waals surface area (Å²) in [6.07, 6.45) is -5.30. The number of hydrogen-bond donors (Lipinski definition) is 1. The van der Waals surface area contributed by atoms with E-state index in [2.05, 4.69) is 26.0 Å². The molecule has 2 aromatic heterocycles. The van der Waals surface area contributed by atoms with Crippen LogP contribution >= 0.6 is 27.5 Å². The first kappa shape index (κ1) is 36.6. The van der Waals surface area contributed by atoms with Gasteiger partial charge in [0.1, 0.15) is 24.0 Å². The van der Waals surface area contributed by atoms with E-state index in [0.717, 1.165) is 42.7 Å². The molecule has 5 aromatic rings. The van der Waals surface area contributed by atoms with E-state index in [1.54, 1.807) is 0 Å². The molecular formula is C29H25BrClF5N6O5S2. The second-order valence-electron chi connectivity index (χ2n) is 10.7. The van der Waals surface area contributed by atoms with Crippen molar-refractivity contribution in [2.24, 2.45) is 5.73 Å². The van der Waals surface area contributed by atoms with Crippen molar-refractivity contribution in [3.8, 4) is 5.69 Å². The minimum absolute atomic E-state index is 0.0232. The van der Waals surface area contributed by atoms with Gasteiger partial charge in [0.15, 0.2) is 5.82 Å². The predicted octanol–water partition coefficient (Wildman–Crippen LogP) is 5.74. The molecule has 0 spiro atoms. The number of fused-ring (bicyclic) bond motifs is 2. The van der Waals surface area contributed by atoms with Crippen LogP contribution in [0.5, 0.6) is 0 Å². The van der Waals surface area contributed by atoms with Gasteiger partial charge in [-0.25, -0.2) is 30.6 Å². The number of aromatic nitrogens is 4. The van der Waals surface area contributed by atoms with Gasteiger partial charge < -0.3 is 5.73 Å². The molecule has 2 heterocycles. The van der Waals surface area contributed by atoms with Crippen LogP contribution in [0.4, 0.5) is 27.8 Å². The van der Waals surface area contributed by atoms with Gasteiger partial charge in [0.25, 0.3) is 5.56 Å². The quantitative estimate of drug-likeness (QED) is 0.176. The van der Waals surface area contributed by atoms with Gasteiger partial charge in [0.2, 0.25) is 20.0 Å². The van der Waals surface area contributed by atoms with Crippen molar-refractivity contribution in [1.29, 1.82) is 0 Å². The fourth-order valence-electron chi connectivity index (χ4n) is 5.24. The lowest BCUT2D eigenvalue weighted by atomic mass is 10.0. The lowest BCUT2D eigenvalue weighted by molar-refractivity contribution is -0.141. The minimum atomic E-state index is -4.99. The van der Waals surface area contributed by atoms with E-state index in [1.165, 1.54) is 18.2 Å². The third-order valence-electron chi connectivity index (χ3n) is 7.35. The van der Waals surface area contributed by atoms with Gasteiger partial charge in [-0.2, -0.15) is 18.3 Å². The Labute approximate surface area is 289 Å². The summed E-state index contributed by atoms with van der Waals surface area (Å²) in [5.41, 5.74) is 4.88. The van der Waals surface area contributed by atoms with Crippen LogP contribution < -0.4 is 15.0 Å². The molecule has 0 radical (unpaired) electrons. The lowest BCUT2D eigenvalue weighted by Crippen LogP contribution is -2.39. The molecule has 2 N–H and O–H groups in total. The highest BCUT2D eigenvalue weighted by Crippen LogP contribution is 2.40. The van der Waals surface area contributed by atoms with Crippen LogP contribution in [0.25, 0.3) is 27.5 Å². The topological polar surface area (TPSA) is 150 Å². The smallest absolute Gasteiger partial charge is 0.321 e. The average Bonchev–Trinajstić information content (AvgIpc) is 3.34. The molecule has 0 saturated heterocycles. The number of nitrogens with zero attached hydrogens (tertiary/aromatic N) is 5. The molecular weight excluding hydrogens is 787 g/mol. The highest BCUT2D eigenvalue weighted by molar-refractivity contribution is 9.10. The van der Waals surface area contributed by atoms with E-state index in [4.69, 9.17) is 17.3 Å². The standard InChI is InChI=1S/C29H25BrClF5N6O5S2/c1-3-48(44,45)42(49(46,47)4-2)27-24-20(31)7-8-23(25(24)40(39-27)14-29(34,35)36)41-26(21(37)11-15-9-17(32)13-18(33)10-15)38-22-12-16(30)5-6-19(22)28(41)43/h5-10,12-13,21H,3-4,11,14,37H2,1-2H3/t21-/m0/s1. The number of anilines is 1. The maximum atomic E-state index is 14.2. The van der Waals surface area contributed by atoms with Crippen molar-refractivity contribution >= 4 is 75.2 Å². The maximum absolute atomic E-state index is 14.2. The Balaban J connectivity index is 1.93. The Kier molecular flexibility index (Phi) is 9.89. The number of halogens is 7. The molecule has 262 valence electrons. The first-order valence-corrected chi connectivity index (χ1v) is 18.6. The molecule has 0 aliphatic heterocycles. The molecule has 0 aliphatic carbocycles. The Hall–Kier alpha value is -3.65. The van der Waals surface area contributed by atoms with Gasteiger partial charge in [0, 0.05) is 10.5 Å². The van der Waals surface area contributed by atoms with Crippen LogP contribution in [-0.2, 0) is 33.0 Å². The summed E-state index contributed by atoms with van der Waals surface area (Å²) in [6, 6.07) is 7.96. The second kappa shape index (κ2) is 13.2. The third kappa shape index (κ3) is 7.17. The van der Waals surface area contributed by atoms with E-state index in [9.17, 15) is 43.6 Å². The van der Waals surface area contributed by atoms with Gasteiger partial charge in [-0.1, -0.05) is 27.5 Å². The van der Waals surface area contributed by atoms with E-state index in [0.29, 0.717) is 15.2 Å². The van der Waals surface area contributed by atoms with Crippen LogP contribution in [0, 0.1) is 11.6 Å². The molecule has 0 fully saturated rings. The summed E-state index contributed by atoms with van der Waals surface area (Å²) < 4.78 is 125. The summed E-state index contributed by atoms with van der Waals surface area (Å²) in [5, 5.41) is 2.89. The van der Waals surface area contributed by atoms with Gasteiger partial charge >= 0.3 is 6.18 Å². The monoisotopic (exact) mass is 810 g/mol. The molecule has 3 aromatic carbocycles. The van der Waals surface area contributed by atoms with Crippen molar-refractivity contribution in [1.82, 2.24) is 19.3 Å². The highest BCUT2D eigenvalue weighted by Gasteiger charge is 2.39. The van der Waals surface area contributed by atoms with Crippen molar-refractivity contribution in [2.45, 2.75) is 39.0 Å². The zero-order chi connectivity index (χ0) is 36.2. The van der Waals surface area contributed by atoms with Crippen LogP contribution in [0.3, 0.4) is 0 Å². The molecule has 5 rings (SSSR count). The summed E-state index contributed by atoms with van der Waals surface area (Å²) >= 11 is 9.76. The number of sulfonamides is 2. The number of rotatable bonds is 10. The van der Waals surface area contributed by atoms with Crippen molar-refractivity contribution in [2.75, 3.05) is 15.2 Å². The Morgan fingerprint density at radius 1 is 0.980 bits per heavy atom. The molecule has 0 unspecified atom stereocenters. The first-order valence-electron chi connectivity index (χ1n) is 14.2. The normalized spacial score (nSPS) is 13.3. The second-order valence-corrected chi connectivity index (χ2v) is 16.5. The van der Waals surface area contributed by atoms with Crippen molar-refractivity contribution < 1.29 is 38.8 Å². The Morgan fingerprint density at radius 3 is 2.16 bits per heavy atom. The van der Waals surface area contributed by atoms with E-state index >= 15 is 0 Å². The predicted molar refractivity (Wildman–Crippen MR) is 178 cm³/mol. The van der Waals surface area contributed by atoms with E-state index in [1.807, 2.05) is 0 Å². The minimum Gasteiger partial charge on any atom is -0.321 e. The molecule has 20 heteroatoms. The summed E-state index contributed by atoms with van der Waals surface area (Å²) in [5.74, 6) is -4.59. The first-order chi connectivity index (χ1) is 22.8. The molecule has 0 aliphatic rings. The zero-order valence-electron chi connectivity index (χ0n) is 25.3. The van der Waals surface area contributed by atoms with Gasteiger partial charge in [-0.3, -0.25) is 14.0 Å².